The SMILES string of the molecule is Fc1ccccc1COc1ccc2ccccc2c1CNC1CN2CCC1CC2. The maximum absolute atomic E-state index is 14.0. The van der Waals surface area contributed by atoms with E-state index in [0.29, 0.717) is 11.6 Å². The first-order valence-corrected chi connectivity index (χ1v) is 10.6. The highest BCUT2D eigenvalue weighted by atomic mass is 19.1. The normalized spacial score (nSPS) is 23.4. The smallest absolute Gasteiger partial charge is 0.129 e. The van der Waals surface area contributed by atoms with Crippen LogP contribution in [0.2, 0.25) is 0 Å². The topological polar surface area (TPSA) is 24.5 Å². The molecule has 0 aliphatic carbocycles. The van der Waals surface area contributed by atoms with Crippen molar-refractivity contribution in [3.63, 3.8) is 0 Å². The Morgan fingerprint density at radius 1 is 0.966 bits per heavy atom. The lowest BCUT2D eigenvalue weighted by Crippen LogP contribution is -2.55. The molecule has 3 aliphatic heterocycles. The molecule has 3 aliphatic rings. The largest absolute Gasteiger partial charge is 0.488 e. The highest BCUT2D eigenvalue weighted by molar-refractivity contribution is 5.87. The van der Waals surface area contributed by atoms with Crippen LogP contribution in [0.5, 0.6) is 5.75 Å². The summed E-state index contributed by atoms with van der Waals surface area (Å²) < 4.78 is 20.1. The van der Waals surface area contributed by atoms with Gasteiger partial charge in [-0.25, -0.2) is 4.39 Å². The molecule has 3 nitrogen and oxygen atoms in total. The predicted molar refractivity (Wildman–Crippen MR) is 114 cm³/mol. The van der Waals surface area contributed by atoms with E-state index in [9.17, 15) is 4.39 Å². The van der Waals surface area contributed by atoms with E-state index in [1.165, 1.54) is 42.8 Å². The third-order valence-corrected chi connectivity index (χ3v) is 6.54. The number of piperidine rings is 3. The Labute approximate surface area is 171 Å². The number of nitrogens with zero attached hydrogens (tertiary/aromatic N) is 1. The lowest BCUT2D eigenvalue weighted by molar-refractivity contribution is 0.0719. The molecule has 0 aromatic heterocycles. The van der Waals surface area contributed by atoms with Crippen LogP contribution in [-0.2, 0) is 13.2 Å². The zero-order valence-electron chi connectivity index (χ0n) is 16.6. The van der Waals surface area contributed by atoms with Crippen LogP contribution in [-0.4, -0.2) is 30.6 Å². The van der Waals surface area contributed by atoms with E-state index >= 15 is 0 Å². The van der Waals surface area contributed by atoms with Gasteiger partial charge in [-0.05, 0) is 54.8 Å². The molecule has 3 heterocycles. The monoisotopic (exact) mass is 390 g/mol. The Morgan fingerprint density at radius 3 is 2.55 bits per heavy atom. The lowest BCUT2D eigenvalue weighted by atomic mass is 9.84. The standard InChI is InChI=1S/C25H27FN2O/c26-23-8-4-2-6-20(23)17-29-25-10-9-18-5-1-3-7-21(18)22(25)15-27-24-16-28-13-11-19(24)12-14-28/h1-10,19,24,27H,11-17H2. The summed E-state index contributed by atoms with van der Waals surface area (Å²) in [6, 6.07) is 19.9. The van der Waals surface area contributed by atoms with Crippen molar-refractivity contribution in [2.24, 2.45) is 5.92 Å². The summed E-state index contributed by atoms with van der Waals surface area (Å²) in [5, 5.41) is 6.22. The Balaban J connectivity index is 1.39. The van der Waals surface area contributed by atoms with Crippen LogP contribution >= 0.6 is 0 Å². The molecule has 3 aromatic rings. The zero-order chi connectivity index (χ0) is 19.6. The molecule has 3 saturated heterocycles. The van der Waals surface area contributed by atoms with E-state index < -0.39 is 0 Å². The molecule has 1 N–H and O–H groups in total. The zero-order valence-corrected chi connectivity index (χ0v) is 16.6. The lowest BCUT2D eigenvalue weighted by Gasteiger charge is -2.45. The van der Waals surface area contributed by atoms with E-state index in [2.05, 4.69) is 40.5 Å². The van der Waals surface area contributed by atoms with E-state index in [1.807, 2.05) is 12.1 Å². The van der Waals surface area contributed by atoms with Crippen molar-refractivity contribution in [3.8, 4) is 5.75 Å². The summed E-state index contributed by atoms with van der Waals surface area (Å²) in [5.74, 6) is 1.39. The molecule has 4 heteroatoms. The second kappa shape index (κ2) is 8.13. The Morgan fingerprint density at radius 2 is 1.76 bits per heavy atom. The molecular formula is C25H27FN2O. The molecule has 1 unspecified atom stereocenters. The van der Waals surface area contributed by atoms with Gasteiger partial charge in [0.15, 0.2) is 0 Å². The van der Waals surface area contributed by atoms with Gasteiger partial charge in [0.25, 0.3) is 0 Å². The van der Waals surface area contributed by atoms with Gasteiger partial charge >= 0.3 is 0 Å². The third-order valence-electron chi connectivity index (χ3n) is 6.54. The van der Waals surface area contributed by atoms with Gasteiger partial charge in [0.05, 0.1) is 0 Å². The highest BCUT2D eigenvalue weighted by Crippen LogP contribution is 2.31. The molecule has 29 heavy (non-hydrogen) atoms. The van der Waals surface area contributed by atoms with Crippen molar-refractivity contribution < 1.29 is 9.13 Å². The Bertz CT molecular complexity index is 997. The fourth-order valence-corrected chi connectivity index (χ4v) is 4.83. The molecule has 2 bridgehead atoms. The summed E-state index contributed by atoms with van der Waals surface area (Å²) >= 11 is 0. The molecule has 6 rings (SSSR count). The van der Waals surface area contributed by atoms with Gasteiger partial charge in [0.2, 0.25) is 0 Å². The second-order valence-electron chi connectivity index (χ2n) is 8.27. The van der Waals surface area contributed by atoms with Crippen LogP contribution in [0, 0.1) is 11.7 Å². The van der Waals surface area contributed by atoms with E-state index in [1.54, 1.807) is 12.1 Å². The predicted octanol–water partition coefficient (Wildman–Crippen LogP) is 4.74. The van der Waals surface area contributed by atoms with Crippen LogP contribution in [0.4, 0.5) is 4.39 Å². The van der Waals surface area contributed by atoms with Gasteiger partial charge in [-0.3, -0.25) is 0 Å². The van der Waals surface area contributed by atoms with Gasteiger partial charge < -0.3 is 15.0 Å². The summed E-state index contributed by atoms with van der Waals surface area (Å²) in [6.07, 6.45) is 2.59. The molecule has 0 radical (unpaired) electrons. The first kappa shape index (κ1) is 18.6. The Kier molecular flexibility index (Phi) is 5.21. The first-order chi connectivity index (χ1) is 14.3. The molecule has 0 spiro atoms. The van der Waals surface area contributed by atoms with Crippen LogP contribution < -0.4 is 10.1 Å². The number of rotatable bonds is 6. The number of fused-ring (bicyclic) bond motifs is 4. The third kappa shape index (κ3) is 3.87. The average Bonchev–Trinajstić information content (AvgIpc) is 2.78. The summed E-state index contributed by atoms with van der Waals surface area (Å²) in [5.41, 5.74) is 1.74. The van der Waals surface area contributed by atoms with Crippen molar-refractivity contribution in [1.82, 2.24) is 10.2 Å². The average molecular weight is 391 g/mol. The molecular weight excluding hydrogens is 363 g/mol. The molecule has 3 fully saturated rings. The quantitative estimate of drug-likeness (QED) is 0.658. The van der Waals surface area contributed by atoms with Gasteiger partial charge in [-0.1, -0.05) is 48.5 Å². The highest BCUT2D eigenvalue weighted by Gasteiger charge is 2.33. The van der Waals surface area contributed by atoms with E-state index in [4.69, 9.17) is 4.74 Å². The number of nitrogens with one attached hydrogen (secondary N) is 1. The van der Waals surface area contributed by atoms with Crippen molar-refractivity contribution in [3.05, 3.63) is 77.6 Å². The maximum atomic E-state index is 14.0. The molecule has 0 saturated carbocycles. The molecule has 3 aromatic carbocycles. The van der Waals surface area contributed by atoms with Crippen molar-refractivity contribution in [2.45, 2.75) is 32.0 Å². The van der Waals surface area contributed by atoms with Gasteiger partial charge in [0.1, 0.15) is 18.2 Å². The van der Waals surface area contributed by atoms with Crippen molar-refractivity contribution in [1.29, 1.82) is 0 Å². The minimum Gasteiger partial charge on any atom is -0.488 e. The summed E-state index contributed by atoms with van der Waals surface area (Å²) in [6.45, 7) is 4.63. The molecule has 0 amide bonds. The number of halogens is 1. The van der Waals surface area contributed by atoms with E-state index in [0.717, 1.165) is 30.3 Å². The minimum atomic E-state index is -0.222. The number of ether oxygens (including phenoxy) is 1. The minimum absolute atomic E-state index is 0.222. The van der Waals surface area contributed by atoms with Gasteiger partial charge in [0, 0.05) is 30.3 Å². The van der Waals surface area contributed by atoms with Crippen LogP contribution in [0.1, 0.15) is 24.0 Å². The van der Waals surface area contributed by atoms with Gasteiger partial charge in [-0.2, -0.15) is 0 Å². The van der Waals surface area contributed by atoms with Crippen molar-refractivity contribution >= 4 is 10.8 Å². The number of hydrogen-bond acceptors (Lipinski definition) is 3. The number of benzene rings is 3. The van der Waals surface area contributed by atoms with Gasteiger partial charge in [-0.15, -0.1) is 0 Å². The second-order valence-corrected chi connectivity index (χ2v) is 8.27. The molecule has 1 atom stereocenters. The summed E-state index contributed by atoms with van der Waals surface area (Å²) in [7, 11) is 0. The Hall–Kier alpha value is -2.43. The van der Waals surface area contributed by atoms with E-state index in [-0.39, 0.29) is 12.4 Å². The van der Waals surface area contributed by atoms with Crippen LogP contribution in [0.3, 0.4) is 0 Å². The van der Waals surface area contributed by atoms with Crippen molar-refractivity contribution in [2.75, 3.05) is 19.6 Å². The fourth-order valence-electron chi connectivity index (χ4n) is 4.83. The fraction of sp³-hybridized carbons (Fsp3) is 0.360. The summed E-state index contributed by atoms with van der Waals surface area (Å²) in [4.78, 5) is 2.57. The maximum Gasteiger partial charge on any atom is 0.129 e. The van der Waals surface area contributed by atoms with Crippen LogP contribution in [0.25, 0.3) is 10.8 Å². The molecule has 150 valence electrons. The first-order valence-electron chi connectivity index (χ1n) is 10.6. The van der Waals surface area contributed by atoms with Crippen LogP contribution in [0.15, 0.2) is 60.7 Å². The number of hydrogen-bond donors (Lipinski definition) is 1.